The molecule has 0 aliphatic carbocycles. The third-order valence-corrected chi connectivity index (χ3v) is 2.64. The van der Waals surface area contributed by atoms with Gasteiger partial charge in [-0.25, -0.2) is 0 Å². The highest BCUT2D eigenvalue weighted by Crippen LogP contribution is 2.20. The topological polar surface area (TPSA) is 58.9 Å². The van der Waals surface area contributed by atoms with Crippen LogP contribution in [0.25, 0.3) is 0 Å². The van der Waals surface area contributed by atoms with Crippen molar-refractivity contribution in [3.8, 4) is 0 Å². The first-order valence-corrected chi connectivity index (χ1v) is 5.43. The number of H-pyrrole nitrogens is 1. The summed E-state index contributed by atoms with van der Waals surface area (Å²) in [6.45, 7) is 8.60. The molecule has 0 unspecified atom stereocenters. The molecule has 1 aromatic heterocycles. The molecule has 0 amide bonds. The van der Waals surface area contributed by atoms with E-state index in [1.165, 1.54) is 0 Å². The molecule has 3 N–H and O–H groups in total. The average Bonchev–Trinajstić information content (AvgIpc) is 2.16. The Hall–Kier alpha value is -1.09. The molecular weight excluding hydrogens is 188 g/mol. The Morgan fingerprint density at radius 3 is 2.27 bits per heavy atom. The van der Waals surface area contributed by atoms with Crippen molar-refractivity contribution in [2.75, 3.05) is 0 Å². The Bertz CT molecular complexity index is 391. The van der Waals surface area contributed by atoms with Gasteiger partial charge in [0.2, 0.25) is 0 Å². The van der Waals surface area contributed by atoms with Crippen LogP contribution < -0.4 is 11.3 Å². The molecule has 0 atom stereocenters. The van der Waals surface area contributed by atoms with E-state index in [1.807, 2.05) is 0 Å². The minimum Gasteiger partial charge on any atom is -0.326 e. The fraction of sp³-hybridized carbons (Fsp3) is 0.583. The number of aromatic nitrogens is 1. The number of nitrogens with two attached hydrogens (primary N) is 1. The van der Waals surface area contributed by atoms with Crippen molar-refractivity contribution in [1.29, 1.82) is 0 Å². The van der Waals surface area contributed by atoms with Crippen LogP contribution >= 0.6 is 0 Å². The molecule has 0 radical (unpaired) electrons. The molecule has 0 spiro atoms. The molecule has 0 aliphatic heterocycles. The van der Waals surface area contributed by atoms with Crippen molar-refractivity contribution in [1.82, 2.24) is 4.98 Å². The van der Waals surface area contributed by atoms with Crippen molar-refractivity contribution in [2.45, 2.75) is 46.1 Å². The molecule has 0 saturated carbocycles. The van der Waals surface area contributed by atoms with Gasteiger partial charge in [0, 0.05) is 17.8 Å². The molecule has 0 fully saturated rings. The van der Waals surface area contributed by atoms with Gasteiger partial charge >= 0.3 is 0 Å². The van der Waals surface area contributed by atoms with E-state index in [1.54, 1.807) is 0 Å². The highest BCUT2D eigenvalue weighted by Gasteiger charge is 2.12. The average molecular weight is 208 g/mol. The van der Waals surface area contributed by atoms with E-state index >= 15 is 0 Å². The first kappa shape index (κ1) is 12.0. The lowest BCUT2D eigenvalue weighted by Gasteiger charge is -2.14. The monoisotopic (exact) mass is 208 g/mol. The lowest BCUT2D eigenvalue weighted by molar-refractivity contribution is 0.772. The molecule has 0 bridgehead atoms. The molecule has 1 aromatic rings. The van der Waals surface area contributed by atoms with E-state index < -0.39 is 0 Å². The van der Waals surface area contributed by atoms with Gasteiger partial charge in [0.15, 0.2) is 0 Å². The second-order valence-electron chi connectivity index (χ2n) is 4.50. The van der Waals surface area contributed by atoms with Gasteiger partial charge < -0.3 is 10.7 Å². The largest absolute Gasteiger partial charge is 0.326 e. The van der Waals surface area contributed by atoms with Gasteiger partial charge in [0.25, 0.3) is 5.56 Å². The second-order valence-corrected chi connectivity index (χ2v) is 4.50. The molecule has 0 aliphatic rings. The molecular formula is C12H20N2O. The summed E-state index contributed by atoms with van der Waals surface area (Å²) >= 11 is 0. The van der Waals surface area contributed by atoms with Crippen molar-refractivity contribution in [3.63, 3.8) is 0 Å². The van der Waals surface area contributed by atoms with Crippen LogP contribution in [0.2, 0.25) is 0 Å². The number of nitrogens with one attached hydrogen (secondary N) is 1. The molecule has 84 valence electrons. The van der Waals surface area contributed by atoms with Crippen LogP contribution in [-0.2, 0) is 6.54 Å². The lowest BCUT2D eigenvalue weighted by Crippen LogP contribution is -2.21. The lowest BCUT2D eigenvalue weighted by atomic mass is 9.95. The molecule has 3 heteroatoms. The maximum Gasteiger partial charge on any atom is 0.252 e. The van der Waals surface area contributed by atoms with Crippen LogP contribution in [0.5, 0.6) is 0 Å². The Morgan fingerprint density at radius 2 is 1.87 bits per heavy atom. The smallest absolute Gasteiger partial charge is 0.252 e. The van der Waals surface area contributed by atoms with Crippen LogP contribution in [0, 0.1) is 0 Å². The second kappa shape index (κ2) is 4.62. The predicted molar refractivity (Wildman–Crippen MR) is 63.1 cm³/mol. The zero-order valence-electron chi connectivity index (χ0n) is 9.92. The zero-order chi connectivity index (χ0) is 11.6. The SMILES string of the molecule is CC(C)c1cc(C(C)C)c(CN)c(=O)[nH]1. The summed E-state index contributed by atoms with van der Waals surface area (Å²) < 4.78 is 0. The Morgan fingerprint density at radius 1 is 1.27 bits per heavy atom. The minimum absolute atomic E-state index is 0.0348. The van der Waals surface area contributed by atoms with Crippen molar-refractivity contribution >= 4 is 0 Å². The fourth-order valence-electron chi connectivity index (χ4n) is 1.67. The van der Waals surface area contributed by atoms with E-state index in [9.17, 15) is 4.79 Å². The Labute approximate surface area is 90.7 Å². The molecule has 1 rings (SSSR count). The summed E-state index contributed by atoms with van der Waals surface area (Å²) in [5, 5.41) is 0. The van der Waals surface area contributed by atoms with Crippen LogP contribution in [0.3, 0.4) is 0 Å². The quantitative estimate of drug-likeness (QED) is 0.799. The van der Waals surface area contributed by atoms with Gasteiger partial charge in [-0.2, -0.15) is 0 Å². The summed E-state index contributed by atoms with van der Waals surface area (Å²) in [6.07, 6.45) is 0. The van der Waals surface area contributed by atoms with E-state index in [2.05, 4.69) is 38.7 Å². The Kier molecular flexibility index (Phi) is 3.69. The summed E-state index contributed by atoms with van der Waals surface area (Å²) in [4.78, 5) is 14.7. The summed E-state index contributed by atoms with van der Waals surface area (Å²) in [6, 6.07) is 2.07. The zero-order valence-corrected chi connectivity index (χ0v) is 9.92. The van der Waals surface area contributed by atoms with Crippen LogP contribution in [-0.4, -0.2) is 4.98 Å². The number of hydrogen-bond acceptors (Lipinski definition) is 2. The van der Waals surface area contributed by atoms with Gasteiger partial charge in [0.05, 0.1) is 0 Å². The Balaban J connectivity index is 3.39. The third-order valence-electron chi connectivity index (χ3n) is 2.64. The normalized spacial score (nSPS) is 11.4. The summed E-state index contributed by atoms with van der Waals surface area (Å²) in [5.41, 5.74) is 8.34. The predicted octanol–water partition coefficient (Wildman–Crippen LogP) is 2.08. The standard InChI is InChI=1S/C12H20N2O/c1-7(2)9-5-11(8(3)4)14-12(15)10(9)6-13/h5,7-8H,6,13H2,1-4H3,(H,14,15). The number of rotatable bonds is 3. The van der Waals surface area contributed by atoms with Crippen molar-refractivity contribution in [2.24, 2.45) is 5.73 Å². The maximum atomic E-state index is 11.8. The van der Waals surface area contributed by atoms with Gasteiger partial charge in [-0.3, -0.25) is 4.79 Å². The minimum atomic E-state index is -0.0348. The van der Waals surface area contributed by atoms with Crippen LogP contribution in [0.4, 0.5) is 0 Å². The molecule has 1 heterocycles. The van der Waals surface area contributed by atoms with E-state index in [0.29, 0.717) is 18.4 Å². The van der Waals surface area contributed by atoms with E-state index in [4.69, 9.17) is 5.73 Å². The van der Waals surface area contributed by atoms with Gasteiger partial charge in [0.1, 0.15) is 0 Å². The molecule has 0 aromatic carbocycles. The first-order chi connectivity index (χ1) is 6.97. The van der Waals surface area contributed by atoms with Crippen LogP contribution in [0.1, 0.15) is 56.4 Å². The number of aromatic amines is 1. The molecule has 0 saturated heterocycles. The summed E-state index contributed by atoms with van der Waals surface area (Å²) in [5.74, 6) is 0.672. The maximum absolute atomic E-state index is 11.8. The van der Waals surface area contributed by atoms with Gasteiger partial charge in [-0.05, 0) is 23.5 Å². The van der Waals surface area contributed by atoms with E-state index in [0.717, 1.165) is 16.8 Å². The fourth-order valence-corrected chi connectivity index (χ4v) is 1.67. The molecule has 15 heavy (non-hydrogen) atoms. The van der Waals surface area contributed by atoms with Crippen molar-refractivity contribution in [3.05, 3.63) is 33.2 Å². The highest BCUT2D eigenvalue weighted by atomic mass is 16.1. The summed E-state index contributed by atoms with van der Waals surface area (Å²) in [7, 11) is 0. The van der Waals surface area contributed by atoms with Gasteiger partial charge in [-0.15, -0.1) is 0 Å². The van der Waals surface area contributed by atoms with E-state index in [-0.39, 0.29) is 5.56 Å². The number of pyridine rings is 1. The number of hydrogen-bond donors (Lipinski definition) is 2. The highest BCUT2D eigenvalue weighted by molar-refractivity contribution is 5.30. The van der Waals surface area contributed by atoms with Crippen LogP contribution in [0.15, 0.2) is 10.9 Å². The van der Waals surface area contributed by atoms with Crippen molar-refractivity contribution < 1.29 is 0 Å². The first-order valence-electron chi connectivity index (χ1n) is 5.43. The van der Waals surface area contributed by atoms with Gasteiger partial charge in [-0.1, -0.05) is 27.7 Å². The third kappa shape index (κ3) is 2.48. The molecule has 3 nitrogen and oxygen atoms in total.